The van der Waals surface area contributed by atoms with E-state index in [1.807, 2.05) is 30.7 Å². The predicted octanol–water partition coefficient (Wildman–Crippen LogP) is 4.54. The Morgan fingerprint density at radius 1 is 1.20 bits per heavy atom. The van der Waals surface area contributed by atoms with Crippen molar-refractivity contribution < 1.29 is 23.4 Å². The van der Waals surface area contributed by atoms with Gasteiger partial charge in [0.25, 0.3) is 0 Å². The Morgan fingerprint density at radius 2 is 1.97 bits per heavy atom. The first-order chi connectivity index (χ1) is 16.9. The number of halogens is 1. The smallest absolute Gasteiger partial charge is 0.410 e. The minimum atomic E-state index is -0.464. The van der Waals surface area contributed by atoms with Crippen LogP contribution < -0.4 is 9.47 Å². The number of nitrogens with zero attached hydrogens (tertiary/aromatic N) is 5. The van der Waals surface area contributed by atoms with Gasteiger partial charge in [-0.05, 0) is 44.9 Å². The molecular formula is C25H30FN5O4. The van der Waals surface area contributed by atoms with Gasteiger partial charge in [-0.1, -0.05) is 6.07 Å². The molecule has 1 amide bonds. The molecule has 3 aromatic rings. The lowest BCUT2D eigenvalue weighted by molar-refractivity contribution is 0.0505. The minimum Gasteiger partial charge on any atom is -0.474 e. The summed E-state index contributed by atoms with van der Waals surface area (Å²) in [6.07, 6.45) is 8.08. The van der Waals surface area contributed by atoms with E-state index in [-0.39, 0.29) is 29.9 Å². The van der Waals surface area contributed by atoms with Crippen LogP contribution in [0.25, 0.3) is 0 Å². The summed E-state index contributed by atoms with van der Waals surface area (Å²) < 4.78 is 33.8. The molecule has 9 nitrogen and oxygen atoms in total. The highest BCUT2D eigenvalue weighted by atomic mass is 19.1. The molecule has 0 radical (unpaired) electrons. The first-order valence-electron chi connectivity index (χ1n) is 11.7. The Morgan fingerprint density at radius 3 is 2.66 bits per heavy atom. The molecule has 1 aliphatic rings. The zero-order valence-electron chi connectivity index (χ0n) is 20.2. The molecule has 0 spiro atoms. The Kier molecular flexibility index (Phi) is 7.79. The standard InChI is InChI=1S/C25H30FN5O4/c1-17(2)33-25(32)31-11-7-20(8-12-31)34-23-18(3)24(29-15-28-23)35-22-5-4-19(14-21(22)26)6-10-30-13-9-27-16-30/h4-5,9,13-17,20H,6-8,10-12H2,1-3H3. The van der Waals surface area contributed by atoms with Crippen molar-refractivity contribution in [1.29, 1.82) is 0 Å². The Labute approximate surface area is 203 Å². The van der Waals surface area contributed by atoms with Crippen molar-refractivity contribution in [2.24, 2.45) is 0 Å². The van der Waals surface area contributed by atoms with E-state index < -0.39 is 5.82 Å². The fourth-order valence-corrected chi connectivity index (χ4v) is 3.79. The molecule has 1 fully saturated rings. The summed E-state index contributed by atoms with van der Waals surface area (Å²) in [7, 11) is 0. The van der Waals surface area contributed by atoms with Gasteiger partial charge >= 0.3 is 6.09 Å². The maximum Gasteiger partial charge on any atom is 0.410 e. The van der Waals surface area contributed by atoms with E-state index in [1.165, 1.54) is 12.4 Å². The number of carbonyl (C=O) groups is 1. The van der Waals surface area contributed by atoms with E-state index in [1.54, 1.807) is 30.4 Å². The third kappa shape index (κ3) is 6.46. The number of ether oxygens (including phenoxy) is 3. The third-order valence-corrected chi connectivity index (χ3v) is 5.73. The predicted molar refractivity (Wildman–Crippen MR) is 126 cm³/mol. The van der Waals surface area contributed by atoms with Crippen LogP contribution in [-0.2, 0) is 17.7 Å². The van der Waals surface area contributed by atoms with E-state index in [0.29, 0.717) is 50.3 Å². The van der Waals surface area contributed by atoms with E-state index in [4.69, 9.17) is 14.2 Å². The first-order valence-corrected chi connectivity index (χ1v) is 11.7. The van der Waals surface area contributed by atoms with Gasteiger partial charge in [-0.25, -0.2) is 24.1 Å². The molecule has 0 N–H and O–H groups in total. The van der Waals surface area contributed by atoms with Crippen LogP contribution in [0.15, 0.2) is 43.2 Å². The van der Waals surface area contributed by atoms with Crippen LogP contribution in [0.4, 0.5) is 9.18 Å². The van der Waals surface area contributed by atoms with E-state index in [9.17, 15) is 9.18 Å². The Bertz CT molecular complexity index is 1130. The van der Waals surface area contributed by atoms with Gasteiger partial charge in [-0.3, -0.25) is 0 Å². The summed E-state index contributed by atoms with van der Waals surface area (Å²) in [5, 5.41) is 0. The summed E-state index contributed by atoms with van der Waals surface area (Å²) in [6, 6.07) is 4.91. The molecule has 35 heavy (non-hydrogen) atoms. The van der Waals surface area contributed by atoms with Crippen molar-refractivity contribution in [3.8, 4) is 17.5 Å². The maximum atomic E-state index is 14.7. The topological polar surface area (TPSA) is 91.6 Å². The van der Waals surface area contributed by atoms with Crippen LogP contribution in [0.2, 0.25) is 0 Å². The quantitative estimate of drug-likeness (QED) is 0.464. The van der Waals surface area contributed by atoms with Crippen LogP contribution in [0.1, 0.15) is 37.8 Å². The molecule has 0 aliphatic carbocycles. The van der Waals surface area contributed by atoms with E-state index in [0.717, 1.165) is 5.56 Å². The van der Waals surface area contributed by atoms with Crippen molar-refractivity contribution in [3.63, 3.8) is 0 Å². The van der Waals surface area contributed by atoms with Crippen molar-refractivity contribution in [3.05, 3.63) is 60.2 Å². The molecule has 186 valence electrons. The van der Waals surface area contributed by atoms with Crippen molar-refractivity contribution in [2.75, 3.05) is 13.1 Å². The molecule has 1 aliphatic heterocycles. The highest BCUT2D eigenvalue weighted by molar-refractivity contribution is 5.67. The number of carbonyl (C=O) groups excluding carboxylic acids is 1. The summed E-state index contributed by atoms with van der Waals surface area (Å²) >= 11 is 0. The molecule has 0 saturated carbocycles. The van der Waals surface area contributed by atoms with Crippen LogP contribution in [0.3, 0.4) is 0 Å². The number of imidazole rings is 1. The number of benzene rings is 1. The molecule has 10 heteroatoms. The number of aromatic nitrogens is 4. The van der Waals surface area contributed by atoms with Crippen LogP contribution in [-0.4, -0.2) is 55.8 Å². The number of piperidine rings is 1. The molecule has 0 bridgehead atoms. The molecule has 1 aromatic carbocycles. The molecule has 0 unspecified atom stereocenters. The van der Waals surface area contributed by atoms with Gasteiger partial charge in [-0.2, -0.15) is 0 Å². The number of hydrogen-bond donors (Lipinski definition) is 0. The molecule has 2 aromatic heterocycles. The number of hydrogen-bond acceptors (Lipinski definition) is 7. The number of amides is 1. The molecule has 4 rings (SSSR count). The maximum absolute atomic E-state index is 14.7. The van der Waals surface area contributed by atoms with E-state index >= 15 is 0 Å². The second kappa shape index (κ2) is 11.2. The van der Waals surface area contributed by atoms with Gasteiger partial charge in [0.15, 0.2) is 11.6 Å². The van der Waals surface area contributed by atoms with Crippen LogP contribution in [0.5, 0.6) is 17.5 Å². The zero-order chi connectivity index (χ0) is 24.8. The van der Waals surface area contributed by atoms with Crippen molar-refractivity contribution in [2.45, 2.75) is 58.8 Å². The molecule has 0 atom stereocenters. The zero-order valence-corrected chi connectivity index (χ0v) is 20.2. The number of likely N-dealkylation sites (tertiary alicyclic amines) is 1. The summed E-state index contributed by atoms with van der Waals surface area (Å²) in [4.78, 5) is 26.2. The monoisotopic (exact) mass is 483 g/mol. The lowest BCUT2D eigenvalue weighted by Gasteiger charge is -2.31. The van der Waals surface area contributed by atoms with Gasteiger partial charge in [0.1, 0.15) is 12.4 Å². The van der Waals surface area contributed by atoms with Gasteiger partial charge in [0.2, 0.25) is 11.8 Å². The molecular weight excluding hydrogens is 453 g/mol. The Hall–Kier alpha value is -3.69. The first kappa shape index (κ1) is 24.4. The summed E-state index contributed by atoms with van der Waals surface area (Å²) in [5.74, 6) is 0.240. The van der Waals surface area contributed by atoms with Gasteiger partial charge < -0.3 is 23.7 Å². The fourth-order valence-electron chi connectivity index (χ4n) is 3.79. The second-order valence-electron chi connectivity index (χ2n) is 8.76. The third-order valence-electron chi connectivity index (χ3n) is 5.73. The number of aryl methyl sites for hydroxylation is 2. The average Bonchev–Trinajstić information content (AvgIpc) is 3.35. The SMILES string of the molecule is Cc1c(Oc2ccc(CCn3ccnc3)cc2F)ncnc1OC1CCN(C(=O)OC(C)C)CC1. The number of rotatable bonds is 8. The lowest BCUT2D eigenvalue weighted by Crippen LogP contribution is -2.42. The van der Waals surface area contributed by atoms with E-state index in [2.05, 4.69) is 15.0 Å². The highest BCUT2D eigenvalue weighted by Gasteiger charge is 2.26. The summed E-state index contributed by atoms with van der Waals surface area (Å²) in [5.41, 5.74) is 1.44. The van der Waals surface area contributed by atoms with Gasteiger partial charge in [-0.15, -0.1) is 0 Å². The van der Waals surface area contributed by atoms with Crippen molar-refractivity contribution >= 4 is 6.09 Å². The van der Waals surface area contributed by atoms with Gasteiger partial charge in [0, 0.05) is 44.9 Å². The average molecular weight is 484 g/mol. The minimum absolute atomic E-state index is 0.0844. The van der Waals surface area contributed by atoms with Gasteiger partial charge in [0.05, 0.1) is 18.0 Å². The Balaban J connectivity index is 1.35. The highest BCUT2D eigenvalue weighted by Crippen LogP contribution is 2.31. The van der Waals surface area contributed by atoms with Crippen molar-refractivity contribution in [1.82, 2.24) is 24.4 Å². The normalized spacial score (nSPS) is 14.3. The fraction of sp³-hybridized carbons (Fsp3) is 0.440. The van der Waals surface area contributed by atoms with Crippen LogP contribution in [0, 0.1) is 12.7 Å². The largest absolute Gasteiger partial charge is 0.474 e. The summed E-state index contributed by atoms with van der Waals surface area (Å²) in [6.45, 7) is 7.23. The second-order valence-corrected chi connectivity index (χ2v) is 8.76. The molecule has 1 saturated heterocycles. The van der Waals surface area contributed by atoms with Crippen LogP contribution >= 0.6 is 0 Å². The lowest BCUT2D eigenvalue weighted by atomic mass is 10.1. The molecule has 3 heterocycles.